The van der Waals surface area contributed by atoms with E-state index in [0.717, 1.165) is 0 Å². The van der Waals surface area contributed by atoms with Crippen LogP contribution < -0.4 is 0 Å². The Morgan fingerprint density at radius 1 is 1.30 bits per heavy atom. The fourth-order valence-corrected chi connectivity index (χ4v) is 0.557. The molecule has 0 rings (SSSR count). The van der Waals surface area contributed by atoms with Gasteiger partial charge in [-0.1, -0.05) is 20.8 Å². The third kappa shape index (κ3) is 4.06. The molecule has 0 aromatic rings. The maximum Gasteiger partial charge on any atom is 0.372 e. The van der Waals surface area contributed by atoms with Crippen molar-refractivity contribution >= 4 is 11.8 Å². The lowest BCUT2D eigenvalue weighted by atomic mass is 9.90. The molecule has 0 radical (unpaired) electrons. The second-order valence-electron chi connectivity index (χ2n) is 3.47. The molecule has 0 unspecified atom stereocenters. The van der Waals surface area contributed by atoms with Crippen molar-refractivity contribution in [3.8, 4) is 0 Å². The van der Waals surface area contributed by atoms with Crippen LogP contribution in [0.4, 0.5) is 0 Å². The fourth-order valence-electron chi connectivity index (χ4n) is 0.557. The molecule has 0 aliphatic rings. The van der Waals surface area contributed by atoms with Crippen LogP contribution in [-0.2, 0) is 9.59 Å². The molecule has 10 heavy (non-hydrogen) atoms. The topological polar surface area (TPSA) is 54.4 Å². The van der Waals surface area contributed by atoms with Crippen LogP contribution in [0, 0.1) is 5.41 Å². The van der Waals surface area contributed by atoms with E-state index in [-0.39, 0.29) is 11.8 Å². The van der Waals surface area contributed by atoms with Crippen molar-refractivity contribution in [2.75, 3.05) is 0 Å². The Bertz CT molecular complexity index is 153. The largest absolute Gasteiger partial charge is 0.476 e. The molecule has 0 saturated heterocycles. The van der Waals surface area contributed by atoms with Crippen LogP contribution in [0.15, 0.2) is 0 Å². The third-order valence-corrected chi connectivity index (χ3v) is 0.929. The molecule has 0 aliphatic heterocycles. The van der Waals surface area contributed by atoms with Crippen LogP contribution in [0.5, 0.6) is 0 Å². The predicted molar refractivity (Wildman–Crippen MR) is 36.7 cm³/mol. The van der Waals surface area contributed by atoms with E-state index >= 15 is 0 Å². The summed E-state index contributed by atoms with van der Waals surface area (Å²) in [5.74, 6) is -2.05. The number of aliphatic carboxylic acids is 1. The summed E-state index contributed by atoms with van der Waals surface area (Å²) in [6, 6.07) is 0. The number of rotatable bonds is 2. The van der Waals surface area contributed by atoms with Gasteiger partial charge in [-0.05, 0) is 5.41 Å². The molecule has 0 fully saturated rings. The Balaban J connectivity index is 3.93. The normalized spacial score (nSPS) is 11.1. The van der Waals surface area contributed by atoms with Crippen LogP contribution in [0.2, 0.25) is 0 Å². The highest BCUT2D eigenvalue weighted by atomic mass is 16.4. The van der Waals surface area contributed by atoms with Crippen LogP contribution in [-0.4, -0.2) is 16.9 Å². The Hall–Kier alpha value is -0.860. The monoisotopic (exact) mass is 144 g/mol. The summed E-state index contributed by atoms with van der Waals surface area (Å²) < 4.78 is 0. The Morgan fingerprint density at radius 2 is 1.70 bits per heavy atom. The predicted octanol–water partition coefficient (Wildman–Crippen LogP) is 1.08. The molecule has 3 heteroatoms. The smallest absolute Gasteiger partial charge is 0.372 e. The maximum atomic E-state index is 10.6. The second-order valence-corrected chi connectivity index (χ2v) is 3.47. The first kappa shape index (κ1) is 9.14. The van der Waals surface area contributed by atoms with Gasteiger partial charge in [0, 0.05) is 6.42 Å². The van der Waals surface area contributed by atoms with E-state index in [9.17, 15) is 9.59 Å². The molecule has 0 spiro atoms. The summed E-state index contributed by atoms with van der Waals surface area (Å²) in [6.45, 7) is 5.48. The number of hydrogen-bond acceptors (Lipinski definition) is 2. The molecule has 0 bridgehead atoms. The third-order valence-electron chi connectivity index (χ3n) is 0.929. The Labute approximate surface area is 60.0 Å². The van der Waals surface area contributed by atoms with Gasteiger partial charge in [-0.2, -0.15) is 0 Å². The van der Waals surface area contributed by atoms with E-state index in [2.05, 4.69) is 0 Å². The van der Waals surface area contributed by atoms with E-state index in [4.69, 9.17) is 5.11 Å². The summed E-state index contributed by atoms with van der Waals surface area (Å²) in [5.41, 5.74) is -0.227. The van der Waals surface area contributed by atoms with Crippen molar-refractivity contribution in [3.63, 3.8) is 0 Å². The summed E-state index contributed by atoms with van der Waals surface area (Å²) in [7, 11) is 0. The number of Topliss-reactive ketones (excluding diaryl/α,β-unsaturated/α-hetero) is 1. The number of carbonyl (C=O) groups excluding carboxylic acids is 1. The van der Waals surface area contributed by atoms with E-state index in [1.807, 2.05) is 20.8 Å². The van der Waals surface area contributed by atoms with Gasteiger partial charge in [-0.25, -0.2) is 4.79 Å². The lowest BCUT2D eigenvalue weighted by molar-refractivity contribution is -0.150. The Kier molecular flexibility index (Phi) is 2.57. The molecular weight excluding hydrogens is 132 g/mol. The molecule has 0 amide bonds. The molecule has 58 valence electrons. The number of carboxylic acids is 1. The second kappa shape index (κ2) is 2.82. The van der Waals surface area contributed by atoms with Crippen molar-refractivity contribution in [1.82, 2.24) is 0 Å². The molecule has 0 aromatic carbocycles. The number of ketones is 1. The molecule has 0 aliphatic carbocycles. The highest BCUT2D eigenvalue weighted by Crippen LogP contribution is 2.18. The van der Waals surface area contributed by atoms with Gasteiger partial charge >= 0.3 is 5.97 Å². The Morgan fingerprint density at radius 3 is 1.80 bits per heavy atom. The molecule has 0 heterocycles. The quantitative estimate of drug-likeness (QED) is 0.590. The molecule has 1 N–H and O–H groups in total. The zero-order valence-corrected chi connectivity index (χ0v) is 6.47. The van der Waals surface area contributed by atoms with E-state index in [0.29, 0.717) is 0 Å². The molecule has 0 atom stereocenters. The first-order valence-corrected chi connectivity index (χ1v) is 3.09. The maximum absolute atomic E-state index is 10.6. The van der Waals surface area contributed by atoms with Crippen LogP contribution in [0.3, 0.4) is 0 Å². The van der Waals surface area contributed by atoms with Gasteiger partial charge in [0.05, 0.1) is 0 Å². The summed E-state index contributed by atoms with van der Waals surface area (Å²) in [4.78, 5) is 20.6. The van der Waals surface area contributed by atoms with Gasteiger partial charge in [0.15, 0.2) is 0 Å². The highest BCUT2D eigenvalue weighted by molar-refractivity contribution is 6.32. The zero-order valence-electron chi connectivity index (χ0n) is 6.47. The van der Waals surface area contributed by atoms with Gasteiger partial charge in [0.2, 0.25) is 5.78 Å². The van der Waals surface area contributed by atoms with Gasteiger partial charge < -0.3 is 5.11 Å². The van der Waals surface area contributed by atoms with Crippen LogP contribution in [0.25, 0.3) is 0 Å². The minimum absolute atomic E-state index is 0.0995. The van der Waals surface area contributed by atoms with E-state index in [1.54, 1.807) is 0 Å². The highest BCUT2D eigenvalue weighted by Gasteiger charge is 2.20. The number of carbonyl (C=O) groups is 2. The minimum Gasteiger partial charge on any atom is -0.476 e. The lowest BCUT2D eigenvalue weighted by Crippen LogP contribution is -2.19. The first-order chi connectivity index (χ1) is 4.33. The summed E-state index contributed by atoms with van der Waals surface area (Å²) in [5, 5.41) is 8.20. The summed E-state index contributed by atoms with van der Waals surface area (Å²) in [6.07, 6.45) is 0.0995. The first-order valence-electron chi connectivity index (χ1n) is 3.09. The molecular formula is C7H12O3. The van der Waals surface area contributed by atoms with Gasteiger partial charge in [-0.15, -0.1) is 0 Å². The van der Waals surface area contributed by atoms with Gasteiger partial charge in [-0.3, -0.25) is 4.79 Å². The van der Waals surface area contributed by atoms with Crippen LogP contribution >= 0.6 is 0 Å². The zero-order chi connectivity index (χ0) is 8.36. The standard InChI is InChI=1S/C7H12O3/c1-7(2,3)4-5(8)6(9)10/h4H2,1-3H3,(H,9,10). The molecule has 0 saturated carbocycles. The molecule has 0 aromatic heterocycles. The van der Waals surface area contributed by atoms with Gasteiger partial charge in [0.25, 0.3) is 0 Å². The van der Waals surface area contributed by atoms with Crippen molar-refractivity contribution in [1.29, 1.82) is 0 Å². The number of hydrogen-bond donors (Lipinski definition) is 1. The van der Waals surface area contributed by atoms with Crippen molar-refractivity contribution in [2.24, 2.45) is 5.41 Å². The number of carboxylic acid groups (broad SMARTS) is 1. The molecule has 3 nitrogen and oxygen atoms in total. The van der Waals surface area contributed by atoms with E-state index in [1.165, 1.54) is 0 Å². The van der Waals surface area contributed by atoms with Gasteiger partial charge in [0.1, 0.15) is 0 Å². The minimum atomic E-state index is -1.34. The van der Waals surface area contributed by atoms with Crippen molar-refractivity contribution in [2.45, 2.75) is 27.2 Å². The van der Waals surface area contributed by atoms with Crippen molar-refractivity contribution in [3.05, 3.63) is 0 Å². The van der Waals surface area contributed by atoms with Crippen LogP contribution in [0.1, 0.15) is 27.2 Å². The average molecular weight is 144 g/mol. The summed E-state index contributed by atoms with van der Waals surface area (Å²) >= 11 is 0. The van der Waals surface area contributed by atoms with E-state index < -0.39 is 11.8 Å². The average Bonchev–Trinajstić information content (AvgIpc) is 1.60. The lowest BCUT2D eigenvalue weighted by Gasteiger charge is -2.14. The SMILES string of the molecule is CC(C)(C)CC(=O)C(=O)O. The fraction of sp³-hybridized carbons (Fsp3) is 0.714. The van der Waals surface area contributed by atoms with Crippen molar-refractivity contribution < 1.29 is 14.7 Å².